The van der Waals surface area contributed by atoms with E-state index in [4.69, 9.17) is 18.6 Å². The summed E-state index contributed by atoms with van der Waals surface area (Å²) in [4.78, 5) is 13.1. The summed E-state index contributed by atoms with van der Waals surface area (Å²) < 4.78 is 24.4. The molecular formula is C29H24O5. The van der Waals surface area contributed by atoms with E-state index in [0.29, 0.717) is 40.6 Å². The van der Waals surface area contributed by atoms with E-state index in [1.165, 1.54) is 0 Å². The molecule has 0 amide bonds. The highest BCUT2D eigenvalue weighted by atomic mass is 16.5. The summed E-state index contributed by atoms with van der Waals surface area (Å²) >= 11 is 0. The fourth-order valence-corrected chi connectivity index (χ4v) is 5.25. The molecule has 6 rings (SSSR count). The lowest BCUT2D eigenvalue weighted by molar-refractivity contribution is 0.0540. The van der Waals surface area contributed by atoms with Crippen LogP contribution in [0.2, 0.25) is 0 Å². The number of para-hydroxylation sites is 1. The smallest absolute Gasteiger partial charge is 0.343 e. The Morgan fingerprint density at radius 3 is 2.50 bits per heavy atom. The van der Waals surface area contributed by atoms with Crippen LogP contribution >= 0.6 is 0 Å². The van der Waals surface area contributed by atoms with E-state index in [1.54, 1.807) is 13.2 Å². The second kappa shape index (κ2) is 7.26. The van der Waals surface area contributed by atoms with Crippen LogP contribution in [-0.4, -0.2) is 7.11 Å². The van der Waals surface area contributed by atoms with Crippen LogP contribution in [-0.2, 0) is 11.0 Å². The summed E-state index contributed by atoms with van der Waals surface area (Å²) in [7, 11) is 1.64. The molecule has 5 heteroatoms. The van der Waals surface area contributed by atoms with Crippen molar-refractivity contribution in [2.24, 2.45) is 0 Å². The molecule has 34 heavy (non-hydrogen) atoms. The molecule has 4 aromatic rings. The van der Waals surface area contributed by atoms with Crippen molar-refractivity contribution in [1.82, 2.24) is 0 Å². The Kier molecular flexibility index (Phi) is 4.40. The molecular weight excluding hydrogens is 428 g/mol. The third kappa shape index (κ3) is 3.04. The van der Waals surface area contributed by atoms with Gasteiger partial charge in [-0.15, -0.1) is 0 Å². The third-order valence-electron chi connectivity index (χ3n) is 6.72. The Hall–Kier alpha value is -3.99. The average Bonchev–Trinajstić information content (AvgIpc) is 2.83. The Balaban J connectivity index is 1.65. The van der Waals surface area contributed by atoms with E-state index in [2.05, 4.69) is 13.8 Å². The summed E-state index contributed by atoms with van der Waals surface area (Å²) in [5.41, 5.74) is 1.18. The predicted octanol–water partition coefficient (Wildman–Crippen LogP) is 6.19. The standard InChI is InChI=1S/C29H24O5/c1-28(2)17-29(34-26-20-11-7-8-12-22(20)33-27(30)25(26)28)16-24(18-9-5-4-6-10-18)32-23-15-19(31-3)13-14-21(23)29/h4-16H,17H2,1-3H3/t29-/m0/s1. The fraction of sp³-hybridized carbons (Fsp3) is 0.207. The molecule has 0 saturated heterocycles. The van der Waals surface area contributed by atoms with E-state index in [1.807, 2.05) is 72.8 Å². The minimum absolute atomic E-state index is 0.358. The zero-order chi connectivity index (χ0) is 23.5. The van der Waals surface area contributed by atoms with Crippen molar-refractivity contribution >= 4 is 16.7 Å². The summed E-state index contributed by atoms with van der Waals surface area (Å²) in [6.07, 6.45) is 2.58. The predicted molar refractivity (Wildman–Crippen MR) is 130 cm³/mol. The first-order chi connectivity index (χ1) is 16.4. The lowest BCUT2D eigenvalue weighted by atomic mass is 9.69. The summed E-state index contributed by atoms with van der Waals surface area (Å²) in [6, 6.07) is 23.2. The van der Waals surface area contributed by atoms with Gasteiger partial charge in [0, 0.05) is 35.1 Å². The largest absolute Gasteiger partial charge is 0.497 e. The first kappa shape index (κ1) is 20.6. The Morgan fingerprint density at radius 1 is 0.941 bits per heavy atom. The molecule has 1 spiro atoms. The van der Waals surface area contributed by atoms with Crippen LogP contribution in [0.15, 0.2) is 88.1 Å². The maximum Gasteiger partial charge on any atom is 0.343 e. The first-order valence-corrected chi connectivity index (χ1v) is 11.3. The minimum atomic E-state index is -0.849. The molecule has 3 heterocycles. The van der Waals surface area contributed by atoms with Crippen LogP contribution in [0.25, 0.3) is 16.7 Å². The molecule has 5 nitrogen and oxygen atoms in total. The van der Waals surface area contributed by atoms with E-state index in [-0.39, 0.29) is 5.63 Å². The third-order valence-corrected chi connectivity index (χ3v) is 6.72. The van der Waals surface area contributed by atoms with Crippen molar-refractivity contribution in [3.8, 4) is 17.2 Å². The molecule has 0 unspecified atom stereocenters. The molecule has 0 radical (unpaired) electrons. The Bertz CT molecular complexity index is 1510. The van der Waals surface area contributed by atoms with Gasteiger partial charge in [0.05, 0.1) is 18.1 Å². The highest BCUT2D eigenvalue weighted by molar-refractivity contribution is 5.85. The molecule has 3 aromatic carbocycles. The normalized spacial score (nSPS) is 20.0. The lowest BCUT2D eigenvalue weighted by Crippen LogP contribution is -2.46. The highest BCUT2D eigenvalue weighted by Crippen LogP contribution is 2.55. The van der Waals surface area contributed by atoms with Crippen LogP contribution in [0.3, 0.4) is 0 Å². The SMILES string of the molecule is COc1ccc2c(c1)OC(c1ccccc1)=C[C@]21CC(C)(C)c2c(c3ccccc3oc2=O)O1. The first-order valence-electron chi connectivity index (χ1n) is 11.3. The number of fused-ring (bicyclic) bond motifs is 5. The van der Waals surface area contributed by atoms with Gasteiger partial charge in [-0.05, 0) is 24.3 Å². The quantitative estimate of drug-likeness (QED) is 0.340. The van der Waals surface area contributed by atoms with Crippen LogP contribution in [0.5, 0.6) is 17.2 Å². The molecule has 0 bridgehead atoms. The van der Waals surface area contributed by atoms with Gasteiger partial charge < -0.3 is 18.6 Å². The van der Waals surface area contributed by atoms with E-state index >= 15 is 0 Å². The highest BCUT2D eigenvalue weighted by Gasteiger charge is 2.50. The van der Waals surface area contributed by atoms with Gasteiger partial charge in [-0.3, -0.25) is 0 Å². The van der Waals surface area contributed by atoms with Crippen molar-refractivity contribution < 1.29 is 18.6 Å². The second-order valence-corrected chi connectivity index (χ2v) is 9.48. The van der Waals surface area contributed by atoms with Gasteiger partial charge in [0.25, 0.3) is 0 Å². The van der Waals surface area contributed by atoms with Gasteiger partial charge in [-0.1, -0.05) is 56.3 Å². The van der Waals surface area contributed by atoms with Crippen molar-refractivity contribution in [2.45, 2.75) is 31.3 Å². The van der Waals surface area contributed by atoms with E-state index in [0.717, 1.165) is 16.5 Å². The molecule has 2 aliphatic heterocycles. The molecule has 1 aromatic heterocycles. The molecule has 1 atom stereocenters. The number of ether oxygens (including phenoxy) is 3. The zero-order valence-electron chi connectivity index (χ0n) is 19.3. The van der Waals surface area contributed by atoms with Crippen LogP contribution in [0, 0.1) is 0 Å². The summed E-state index contributed by atoms with van der Waals surface area (Å²) in [5.74, 6) is 2.64. The van der Waals surface area contributed by atoms with Gasteiger partial charge in [0.2, 0.25) is 0 Å². The van der Waals surface area contributed by atoms with Gasteiger partial charge in [-0.25, -0.2) is 4.79 Å². The van der Waals surface area contributed by atoms with E-state index < -0.39 is 11.0 Å². The summed E-state index contributed by atoms with van der Waals surface area (Å²) in [5, 5.41) is 0.778. The molecule has 0 aliphatic carbocycles. The van der Waals surface area contributed by atoms with Gasteiger partial charge in [0.1, 0.15) is 28.6 Å². The number of rotatable bonds is 2. The van der Waals surface area contributed by atoms with Gasteiger partial charge >= 0.3 is 5.63 Å². The van der Waals surface area contributed by atoms with Crippen molar-refractivity contribution in [3.63, 3.8) is 0 Å². The van der Waals surface area contributed by atoms with E-state index in [9.17, 15) is 4.79 Å². The molecule has 170 valence electrons. The minimum Gasteiger partial charge on any atom is -0.497 e. The Morgan fingerprint density at radius 2 is 1.71 bits per heavy atom. The van der Waals surface area contributed by atoms with Crippen LogP contribution < -0.4 is 19.8 Å². The maximum atomic E-state index is 13.1. The van der Waals surface area contributed by atoms with Crippen molar-refractivity contribution in [2.75, 3.05) is 7.11 Å². The van der Waals surface area contributed by atoms with Gasteiger partial charge in [-0.2, -0.15) is 0 Å². The number of hydrogen-bond acceptors (Lipinski definition) is 5. The van der Waals surface area contributed by atoms with Crippen molar-refractivity contribution in [3.05, 3.63) is 106 Å². The second-order valence-electron chi connectivity index (χ2n) is 9.48. The molecule has 2 aliphatic rings. The number of methoxy groups -OCH3 is 1. The Labute approximate surface area is 197 Å². The fourth-order valence-electron chi connectivity index (χ4n) is 5.25. The molecule has 0 N–H and O–H groups in total. The number of hydrogen-bond donors (Lipinski definition) is 0. The summed E-state index contributed by atoms with van der Waals surface area (Å²) in [6.45, 7) is 4.13. The van der Waals surface area contributed by atoms with Crippen LogP contribution in [0.4, 0.5) is 0 Å². The zero-order valence-corrected chi connectivity index (χ0v) is 19.3. The topological polar surface area (TPSA) is 57.9 Å². The van der Waals surface area contributed by atoms with Crippen molar-refractivity contribution in [1.29, 1.82) is 0 Å². The molecule has 0 saturated carbocycles. The molecule has 0 fully saturated rings. The van der Waals surface area contributed by atoms with Crippen LogP contribution in [0.1, 0.15) is 37.0 Å². The monoisotopic (exact) mass is 452 g/mol. The maximum absolute atomic E-state index is 13.1. The number of benzene rings is 3. The average molecular weight is 453 g/mol. The van der Waals surface area contributed by atoms with Gasteiger partial charge in [0.15, 0.2) is 5.60 Å². The lowest BCUT2D eigenvalue weighted by Gasteiger charge is -2.46.